The van der Waals surface area contributed by atoms with Crippen molar-refractivity contribution < 1.29 is 9.59 Å². The monoisotopic (exact) mass is 462 g/mol. The number of nitrogens with zero attached hydrogens (tertiary/aromatic N) is 3. The van der Waals surface area contributed by atoms with Crippen molar-refractivity contribution in [3.05, 3.63) is 63.6 Å². The summed E-state index contributed by atoms with van der Waals surface area (Å²) in [6.07, 6.45) is 0. The number of hydrogen-bond acceptors (Lipinski definition) is 4. The lowest BCUT2D eigenvalue weighted by molar-refractivity contribution is -0.134. The van der Waals surface area contributed by atoms with E-state index in [4.69, 9.17) is 23.2 Å². The second-order valence-electron chi connectivity index (χ2n) is 7.90. The fraction of sp³-hybridized carbons (Fsp3) is 0.391. The van der Waals surface area contributed by atoms with Crippen LogP contribution < -0.4 is 5.32 Å². The number of anilines is 1. The van der Waals surface area contributed by atoms with E-state index in [-0.39, 0.29) is 24.9 Å². The Labute approximate surface area is 193 Å². The molecule has 8 heteroatoms. The van der Waals surface area contributed by atoms with Crippen LogP contribution in [0.2, 0.25) is 10.0 Å². The van der Waals surface area contributed by atoms with Gasteiger partial charge in [-0.1, -0.05) is 53.5 Å². The van der Waals surface area contributed by atoms with Gasteiger partial charge in [-0.3, -0.25) is 19.4 Å². The number of likely N-dealkylation sites (N-methyl/N-ethyl adjacent to an activating group) is 1. The zero-order chi connectivity index (χ0) is 22.4. The number of halogens is 2. The Morgan fingerprint density at radius 2 is 1.61 bits per heavy atom. The molecule has 1 saturated heterocycles. The lowest BCUT2D eigenvalue weighted by Crippen LogP contribution is -2.51. The molecule has 0 radical (unpaired) electrons. The number of nitrogens with one attached hydrogen (secondary N) is 1. The lowest BCUT2D eigenvalue weighted by Gasteiger charge is -2.35. The molecule has 0 bridgehead atoms. The average molecular weight is 463 g/mol. The van der Waals surface area contributed by atoms with Gasteiger partial charge in [0, 0.05) is 32.7 Å². The molecule has 1 aliphatic rings. The van der Waals surface area contributed by atoms with E-state index < -0.39 is 0 Å². The van der Waals surface area contributed by atoms with Gasteiger partial charge in [0.05, 0.1) is 28.8 Å². The number of para-hydroxylation sites is 1. The van der Waals surface area contributed by atoms with Crippen LogP contribution in [0.25, 0.3) is 0 Å². The Morgan fingerprint density at radius 1 is 0.968 bits per heavy atom. The van der Waals surface area contributed by atoms with Gasteiger partial charge < -0.3 is 10.2 Å². The van der Waals surface area contributed by atoms with Gasteiger partial charge in [0.2, 0.25) is 11.8 Å². The first-order valence-corrected chi connectivity index (χ1v) is 11.1. The van der Waals surface area contributed by atoms with Crippen molar-refractivity contribution >= 4 is 40.7 Å². The van der Waals surface area contributed by atoms with Crippen LogP contribution in [-0.4, -0.2) is 72.8 Å². The molecule has 0 aliphatic carbocycles. The minimum atomic E-state index is -0.270. The van der Waals surface area contributed by atoms with E-state index in [2.05, 4.69) is 41.4 Å². The lowest BCUT2D eigenvalue weighted by atomic mass is 10.1. The molecule has 2 aromatic carbocycles. The van der Waals surface area contributed by atoms with E-state index in [0.29, 0.717) is 28.8 Å². The third-order valence-corrected chi connectivity index (χ3v) is 6.06. The van der Waals surface area contributed by atoms with Gasteiger partial charge in [0.1, 0.15) is 0 Å². The first-order chi connectivity index (χ1) is 14.8. The molecule has 6 nitrogen and oxygen atoms in total. The highest BCUT2D eigenvalue weighted by molar-refractivity contribution is 6.39. The summed E-state index contributed by atoms with van der Waals surface area (Å²) in [4.78, 5) is 30.9. The second kappa shape index (κ2) is 11.0. The summed E-state index contributed by atoms with van der Waals surface area (Å²) in [6, 6.07) is 13.4. The standard InChI is InChI=1S/C23H28Cl2N4O2/c1-17-6-3-4-7-18(17)14-28-10-12-29(13-11-28)22(31)16-27(2)15-21(30)26-23-19(24)8-5-9-20(23)25/h3-9H,10-16H2,1-2H3,(H,26,30). The molecule has 0 unspecified atom stereocenters. The SMILES string of the molecule is Cc1ccccc1CN1CCN(C(=O)CN(C)CC(=O)Nc2c(Cl)cccc2Cl)CC1. The van der Waals surface area contributed by atoms with Gasteiger partial charge in [-0.15, -0.1) is 0 Å². The highest BCUT2D eigenvalue weighted by Crippen LogP contribution is 2.29. The smallest absolute Gasteiger partial charge is 0.238 e. The van der Waals surface area contributed by atoms with Crippen LogP contribution in [-0.2, 0) is 16.1 Å². The summed E-state index contributed by atoms with van der Waals surface area (Å²) in [5, 5.41) is 3.48. The molecule has 0 atom stereocenters. The Hall–Kier alpha value is -2.12. The summed E-state index contributed by atoms with van der Waals surface area (Å²) < 4.78 is 0. The fourth-order valence-corrected chi connectivity index (χ4v) is 4.10. The van der Waals surface area contributed by atoms with Crippen LogP contribution in [0.4, 0.5) is 5.69 Å². The summed E-state index contributed by atoms with van der Waals surface area (Å²) in [5.74, 6) is -0.241. The molecule has 3 rings (SSSR count). The molecular formula is C23H28Cl2N4O2. The number of carbonyl (C=O) groups excluding carboxylic acids is 2. The number of hydrogen-bond donors (Lipinski definition) is 1. The first-order valence-electron chi connectivity index (χ1n) is 10.3. The molecule has 0 spiro atoms. The van der Waals surface area contributed by atoms with E-state index in [1.165, 1.54) is 11.1 Å². The molecule has 166 valence electrons. The van der Waals surface area contributed by atoms with Crippen molar-refractivity contribution in [2.24, 2.45) is 0 Å². The van der Waals surface area contributed by atoms with E-state index in [1.54, 1.807) is 30.1 Å². The Kier molecular flexibility index (Phi) is 8.32. The summed E-state index contributed by atoms with van der Waals surface area (Å²) in [7, 11) is 1.75. The van der Waals surface area contributed by atoms with Crippen molar-refractivity contribution in [2.45, 2.75) is 13.5 Å². The zero-order valence-corrected chi connectivity index (χ0v) is 19.4. The first kappa shape index (κ1) is 23.5. The number of carbonyl (C=O) groups is 2. The van der Waals surface area contributed by atoms with Gasteiger partial charge in [-0.25, -0.2) is 0 Å². The third-order valence-electron chi connectivity index (χ3n) is 5.43. The number of piperazine rings is 1. The van der Waals surface area contributed by atoms with E-state index in [1.807, 2.05) is 4.90 Å². The van der Waals surface area contributed by atoms with E-state index >= 15 is 0 Å². The topological polar surface area (TPSA) is 55.9 Å². The van der Waals surface area contributed by atoms with Gasteiger partial charge in [-0.2, -0.15) is 0 Å². The summed E-state index contributed by atoms with van der Waals surface area (Å²) in [6.45, 7) is 6.35. The molecule has 31 heavy (non-hydrogen) atoms. The van der Waals surface area contributed by atoms with Crippen LogP contribution in [0.3, 0.4) is 0 Å². The maximum absolute atomic E-state index is 12.7. The Balaban J connectivity index is 1.43. The predicted octanol–water partition coefficient (Wildman–Crippen LogP) is 3.52. The molecule has 1 aliphatic heterocycles. The number of amides is 2. The van der Waals surface area contributed by atoms with Gasteiger partial charge >= 0.3 is 0 Å². The van der Waals surface area contributed by atoms with Crippen molar-refractivity contribution in [1.29, 1.82) is 0 Å². The van der Waals surface area contributed by atoms with Crippen molar-refractivity contribution in [3.63, 3.8) is 0 Å². The largest absolute Gasteiger partial charge is 0.339 e. The molecular weight excluding hydrogens is 435 g/mol. The molecule has 0 aromatic heterocycles. The van der Waals surface area contributed by atoms with Crippen LogP contribution >= 0.6 is 23.2 Å². The zero-order valence-electron chi connectivity index (χ0n) is 17.9. The highest BCUT2D eigenvalue weighted by Gasteiger charge is 2.23. The minimum absolute atomic E-state index is 0.0293. The fourth-order valence-electron chi connectivity index (χ4n) is 3.61. The normalized spacial score (nSPS) is 14.7. The Bertz CT molecular complexity index is 909. The van der Waals surface area contributed by atoms with Crippen LogP contribution in [0.5, 0.6) is 0 Å². The second-order valence-corrected chi connectivity index (χ2v) is 8.71. The van der Waals surface area contributed by atoms with Crippen molar-refractivity contribution in [3.8, 4) is 0 Å². The molecule has 1 heterocycles. The minimum Gasteiger partial charge on any atom is -0.339 e. The molecule has 2 amide bonds. The van der Waals surface area contributed by atoms with Crippen LogP contribution in [0.1, 0.15) is 11.1 Å². The molecule has 1 N–H and O–H groups in total. The van der Waals surface area contributed by atoms with Gasteiger partial charge in [0.15, 0.2) is 0 Å². The van der Waals surface area contributed by atoms with Gasteiger partial charge in [0.25, 0.3) is 0 Å². The average Bonchev–Trinajstić information content (AvgIpc) is 2.73. The van der Waals surface area contributed by atoms with E-state index in [0.717, 1.165) is 19.6 Å². The summed E-state index contributed by atoms with van der Waals surface area (Å²) in [5.41, 5.74) is 3.01. The van der Waals surface area contributed by atoms with Crippen LogP contribution in [0.15, 0.2) is 42.5 Å². The maximum atomic E-state index is 12.7. The van der Waals surface area contributed by atoms with Crippen LogP contribution in [0, 0.1) is 6.92 Å². The number of benzene rings is 2. The van der Waals surface area contributed by atoms with E-state index in [9.17, 15) is 9.59 Å². The number of aryl methyl sites for hydroxylation is 1. The quantitative estimate of drug-likeness (QED) is 0.683. The Morgan fingerprint density at radius 3 is 2.26 bits per heavy atom. The number of rotatable bonds is 7. The highest BCUT2D eigenvalue weighted by atomic mass is 35.5. The summed E-state index contributed by atoms with van der Waals surface area (Å²) >= 11 is 12.2. The van der Waals surface area contributed by atoms with Crippen molar-refractivity contribution in [1.82, 2.24) is 14.7 Å². The van der Waals surface area contributed by atoms with Gasteiger partial charge in [-0.05, 0) is 37.2 Å². The van der Waals surface area contributed by atoms with Crippen molar-refractivity contribution in [2.75, 3.05) is 51.6 Å². The molecule has 2 aromatic rings. The molecule has 1 fully saturated rings. The predicted molar refractivity (Wildman–Crippen MR) is 126 cm³/mol. The molecule has 0 saturated carbocycles. The third kappa shape index (κ3) is 6.68. The maximum Gasteiger partial charge on any atom is 0.238 e.